The van der Waals surface area contributed by atoms with Gasteiger partial charge in [-0.05, 0) is 31.2 Å². The second kappa shape index (κ2) is 8.13. The molecule has 0 aliphatic carbocycles. The van der Waals surface area contributed by atoms with Crippen LogP contribution in [-0.4, -0.2) is 26.4 Å². The fourth-order valence-electron chi connectivity index (χ4n) is 2.67. The lowest BCUT2D eigenvalue weighted by atomic mass is 10.1. The Morgan fingerprint density at radius 3 is 2.70 bits per heavy atom. The van der Waals surface area contributed by atoms with E-state index in [1.807, 2.05) is 41.8 Å². The number of nitro benzene ring substituents is 1. The van der Waals surface area contributed by atoms with E-state index in [1.54, 1.807) is 30.9 Å². The Hall–Kier alpha value is -3.68. The van der Waals surface area contributed by atoms with Crippen molar-refractivity contribution in [2.45, 2.75) is 19.5 Å². The first-order valence-corrected chi connectivity index (χ1v) is 8.40. The van der Waals surface area contributed by atoms with Crippen molar-refractivity contribution in [1.29, 1.82) is 0 Å². The summed E-state index contributed by atoms with van der Waals surface area (Å²) < 4.78 is 1.85. The number of aromatic nitrogens is 2. The number of hydrogen-bond acceptors (Lipinski definition) is 5. The van der Waals surface area contributed by atoms with Gasteiger partial charge in [0.05, 0.1) is 11.3 Å². The SMILES string of the molecule is C[C@H](Cn1ccnc1)NC(=O)c1ccc(Nc2ccccc2)c([N+](=O)[O-])c1. The molecule has 1 aromatic heterocycles. The molecule has 0 radical (unpaired) electrons. The first-order chi connectivity index (χ1) is 13.0. The summed E-state index contributed by atoms with van der Waals surface area (Å²) in [5, 5.41) is 17.3. The predicted octanol–water partition coefficient (Wildman–Crippen LogP) is 3.35. The monoisotopic (exact) mass is 365 g/mol. The van der Waals surface area contributed by atoms with Crippen LogP contribution in [0.4, 0.5) is 17.1 Å². The highest BCUT2D eigenvalue weighted by atomic mass is 16.6. The number of benzene rings is 2. The second-order valence-corrected chi connectivity index (χ2v) is 6.11. The zero-order chi connectivity index (χ0) is 19.2. The summed E-state index contributed by atoms with van der Waals surface area (Å²) in [5.41, 5.74) is 1.13. The maximum atomic E-state index is 12.4. The van der Waals surface area contributed by atoms with E-state index in [-0.39, 0.29) is 23.2 Å². The van der Waals surface area contributed by atoms with Gasteiger partial charge in [0.2, 0.25) is 0 Å². The van der Waals surface area contributed by atoms with E-state index in [4.69, 9.17) is 0 Å². The summed E-state index contributed by atoms with van der Waals surface area (Å²) in [6, 6.07) is 13.4. The Balaban J connectivity index is 1.74. The molecule has 8 heteroatoms. The molecule has 0 aliphatic heterocycles. The maximum Gasteiger partial charge on any atom is 0.293 e. The van der Waals surface area contributed by atoms with Gasteiger partial charge in [0.25, 0.3) is 11.6 Å². The molecule has 0 unspecified atom stereocenters. The molecule has 1 amide bonds. The summed E-state index contributed by atoms with van der Waals surface area (Å²) >= 11 is 0. The van der Waals surface area contributed by atoms with Crippen molar-refractivity contribution in [2.24, 2.45) is 0 Å². The van der Waals surface area contributed by atoms with E-state index in [0.29, 0.717) is 12.2 Å². The van der Waals surface area contributed by atoms with Crippen LogP contribution in [0.1, 0.15) is 17.3 Å². The number of nitro groups is 1. The summed E-state index contributed by atoms with van der Waals surface area (Å²) in [6.45, 7) is 2.42. The van der Waals surface area contributed by atoms with Gasteiger partial charge in [0.15, 0.2) is 0 Å². The molecule has 0 bridgehead atoms. The maximum absolute atomic E-state index is 12.4. The number of carbonyl (C=O) groups excluding carboxylic acids is 1. The minimum absolute atomic E-state index is 0.159. The summed E-state index contributed by atoms with van der Waals surface area (Å²) in [4.78, 5) is 27.3. The molecule has 138 valence electrons. The van der Waals surface area contributed by atoms with Gasteiger partial charge in [-0.15, -0.1) is 0 Å². The Kier molecular flexibility index (Phi) is 5.46. The number of para-hydroxylation sites is 1. The van der Waals surface area contributed by atoms with Crippen molar-refractivity contribution >= 4 is 23.0 Å². The molecule has 0 saturated carbocycles. The number of imidazole rings is 1. The van der Waals surface area contributed by atoms with Gasteiger partial charge in [-0.2, -0.15) is 0 Å². The molecule has 2 N–H and O–H groups in total. The van der Waals surface area contributed by atoms with E-state index in [1.165, 1.54) is 6.07 Å². The third-order valence-corrected chi connectivity index (χ3v) is 3.93. The zero-order valence-electron chi connectivity index (χ0n) is 14.7. The quantitative estimate of drug-likeness (QED) is 0.494. The van der Waals surface area contributed by atoms with Crippen LogP contribution in [0.25, 0.3) is 0 Å². The third-order valence-electron chi connectivity index (χ3n) is 3.93. The van der Waals surface area contributed by atoms with Crippen LogP contribution in [-0.2, 0) is 6.54 Å². The Morgan fingerprint density at radius 1 is 1.26 bits per heavy atom. The van der Waals surface area contributed by atoms with E-state index < -0.39 is 4.92 Å². The van der Waals surface area contributed by atoms with Gasteiger partial charge < -0.3 is 15.2 Å². The highest BCUT2D eigenvalue weighted by Gasteiger charge is 2.19. The number of hydrogen-bond donors (Lipinski definition) is 2. The van der Waals surface area contributed by atoms with Crippen LogP contribution in [0, 0.1) is 10.1 Å². The van der Waals surface area contributed by atoms with Gasteiger partial charge in [-0.3, -0.25) is 14.9 Å². The fourth-order valence-corrected chi connectivity index (χ4v) is 2.67. The van der Waals surface area contributed by atoms with Crippen molar-refractivity contribution in [2.75, 3.05) is 5.32 Å². The van der Waals surface area contributed by atoms with Crippen LogP contribution in [0.15, 0.2) is 67.3 Å². The standard InChI is InChI=1S/C19H19N5O3/c1-14(12-23-10-9-20-13-23)21-19(25)15-7-8-17(18(11-15)24(26)27)22-16-5-3-2-4-6-16/h2-11,13-14,22H,12H2,1H3,(H,21,25)/t14-/m1/s1. The van der Waals surface area contributed by atoms with E-state index in [0.717, 1.165) is 5.69 Å². The molecule has 2 aromatic carbocycles. The molecule has 0 fully saturated rings. The number of nitrogens with one attached hydrogen (secondary N) is 2. The van der Waals surface area contributed by atoms with Crippen molar-refractivity contribution in [3.8, 4) is 0 Å². The lowest BCUT2D eigenvalue weighted by molar-refractivity contribution is -0.383. The van der Waals surface area contributed by atoms with Crippen LogP contribution < -0.4 is 10.6 Å². The van der Waals surface area contributed by atoms with Gasteiger partial charge in [-0.1, -0.05) is 18.2 Å². The van der Waals surface area contributed by atoms with Gasteiger partial charge in [0.1, 0.15) is 5.69 Å². The molecule has 1 heterocycles. The van der Waals surface area contributed by atoms with Crippen LogP contribution in [0.5, 0.6) is 0 Å². The van der Waals surface area contributed by atoms with E-state index >= 15 is 0 Å². The number of nitrogens with zero attached hydrogens (tertiary/aromatic N) is 3. The number of amides is 1. The Morgan fingerprint density at radius 2 is 2.04 bits per heavy atom. The van der Waals surface area contributed by atoms with Crippen molar-refractivity contribution in [3.05, 3.63) is 82.9 Å². The molecule has 3 aromatic rings. The average molecular weight is 365 g/mol. The predicted molar refractivity (Wildman–Crippen MR) is 102 cm³/mol. The molecule has 1 atom stereocenters. The summed E-state index contributed by atoms with van der Waals surface area (Å²) in [5.74, 6) is -0.364. The molecule has 8 nitrogen and oxygen atoms in total. The minimum atomic E-state index is -0.503. The number of rotatable bonds is 7. The summed E-state index contributed by atoms with van der Waals surface area (Å²) in [6.07, 6.45) is 5.13. The molecule has 3 rings (SSSR count). The molecular formula is C19H19N5O3. The second-order valence-electron chi connectivity index (χ2n) is 6.11. The van der Waals surface area contributed by atoms with Crippen LogP contribution in [0.2, 0.25) is 0 Å². The Bertz CT molecular complexity index is 926. The highest BCUT2D eigenvalue weighted by Crippen LogP contribution is 2.28. The van der Waals surface area contributed by atoms with Crippen LogP contribution >= 0.6 is 0 Å². The van der Waals surface area contributed by atoms with Gasteiger partial charge >= 0.3 is 0 Å². The molecule has 27 heavy (non-hydrogen) atoms. The topological polar surface area (TPSA) is 102 Å². The molecular weight excluding hydrogens is 346 g/mol. The van der Waals surface area contributed by atoms with Gasteiger partial charge in [0, 0.05) is 42.3 Å². The van der Waals surface area contributed by atoms with Gasteiger partial charge in [-0.25, -0.2) is 4.98 Å². The Labute approximate surface area is 156 Å². The third kappa shape index (κ3) is 4.69. The first kappa shape index (κ1) is 18.1. The van der Waals surface area contributed by atoms with Crippen molar-refractivity contribution < 1.29 is 9.72 Å². The number of anilines is 2. The largest absolute Gasteiger partial charge is 0.350 e. The zero-order valence-corrected chi connectivity index (χ0v) is 14.7. The average Bonchev–Trinajstić information content (AvgIpc) is 3.15. The highest BCUT2D eigenvalue weighted by molar-refractivity contribution is 5.96. The molecule has 0 saturated heterocycles. The lowest BCUT2D eigenvalue weighted by Crippen LogP contribution is -2.35. The van der Waals surface area contributed by atoms with E-state index in [2.05, 4.69) is 15.6 Å². The minimum Gasteiger partial charge on any atom is -0.350 e. The first-order valence-electron chi connectivity index (χ1n) is 8.40. The number of carbonyl (C=O) groups is 1. The molecule has 0 aliphatic rings. The van der Waals surface area contributed by atoms with Crippen LogP contribution in [0.3, 0.4) is 0 Å². The van der Waals surface area contributed by atoms with Crippen molar-refractivity contribution in [3.63, 3.8) is 0 Å². The lowest BCUT2D eigenvalue weighted by Gasteiger charge is -2.15. The summed E-state index contributed by atoms with van der Waals surface area (Å²) in [7, 11) is 0. The smallest absolute Gasteiger partial charge is 0.293 e. The normalized spacial score (nSPS) is 11.6. The fraction of sp³-hybridized carbons (Fsp3) is 0.158. The van der Waals surface area contributed by atoms with E-state index in [9.17, 15) is 14.9 Å². The molecule has 0 spiro atoms. The van der Waals surface area contributed by atoms with Crippen molar-refractivity contribution in [1.82, 2.24) is 14.9 Å².